The zero-order valence-corrected chi connectivity index (χ0v) is 14.7. The summed E-state index contributed by atoms with van der Waals surface area (Å²) in [5.74, 6) is -0.347. The van der Waals surface area contributed by atoms with Crippen molar-refractivity contribution in [3.05, 3.63) is 82.4 Å². The van der Waals surface area contributed by atoms with E-state index in [1.54, 1.807) is 30.6 Å². The molecule has 1 N–H and O–H groups in total. The Hall–Kier alpha value is -2.92. The van der Waals surface area contributed by atoms with E-state index in [0.717, 1.165) is 22.6 Å². The van der Waals surface area contributed by atoms with Gasteiger partial charge < -0.3 is 4.57 Å². The molecule has 3 rings (SSSR count). The number of carbonyl (C=O) groups excluding carboxylic acids is 1. The van der Waals surface area contributed by atoms with Gasteiger partial charge in [0.15, 0.2) is 0 Å². The molecule has 0 fully saturated rings. The first-order chi connectivity index (χ1) is 12.1. The number of aromatic nitrogens is 2. The summed E-state index contributed by atoms with van der Waals surface area (Å²) in [7, 11) is 0. The van der Waals surface area contributed by atoms with Gasteiger partial charge in [0.2, 0.25) is 0 Å². The lowest BCUT2D eigenvalue weighted by Gasteiger charge is -2.09. The van der Waals surface area contributed by atoms with Gasteiger partial charge in [0, 0.05) is 33.9 Å². The number of hydrazone groups is 1. The number of hydrogen-bond donors (Lipinski definition) is 1. The number of amides is 1. The highest BCUT2D eigenvalue weighted by molar-refractivity contribution is 6.30. The Labute approximate surface area is 151 Å². The maximum atomic E-state index is 11.9. The fraction of sp³-hybridized carbons (Fsp3) is 0.105. The highest BCUT2D eigenvalue weighted by Crippen LogP contribution is 2.22. The van der Waals surface area contributed by atoms with Crippen molar-refractivity contribution in [2.24, 2.45) is 5.10 Å². The third kappa shape index (κ3) is 3.78. The largest absolute Gasteiger partial charge is 0.318 e. The number of pyridine rings is 1. The molecule has 0 bridgehead atoms. The van der Waals surface area contributed by atoms with Gasteiger partial charge in [-0.25, -0.2) is 5.43 Å². The Morgan fingerprint density at radius 3 is 2.76 bits per heavy atom. The molecule has 6 heteroatoms. The van der Waals surface area contributed by atoms with E-state index in [2.05, 4.69) is 20.1 Å². The van der Waals surface area contributed by atoms with Gasteiger partial charge in [0.05, 0.1) is 6.21 Å². The summed E-state index contributed by atoms with van der Waals surface area (Å²) in [5, 5.41) is 4.72. The topological polar surface area (TPSA) is 59.3 Å². The molecule has 0 aliphatic carbocycles. The van der Waals surface area contributed by atoms with Crippen LogP contribution in [-0.4, -0.2) is 21.7 Å². The molecule has 0 unspecified atom stereocenters. The number of hydrogen-bond acceptors (Lipinski definition) is 3. The molecule has 0 saturated carbocycles. The van der Waals surface area contributed by atoms with Crippen LogP contribution in [-0.2, 0) is 0 Å². The van der Waals surface area contributed by atoms with E-state index in [4.69, 9.17) is 11.6 Å². The first-order valence-corrected chi connectivity index (χ1v) is 8.13. The first-order valence-electron chi connectivity index (χ1n) is 7.75. The second kappa shape index (κ2) is 7.32. The highest BCUT2D eigenvalue weighted by Gasteiger charge is 2.10. The number of nitrogens with zero attached hydrogens (tertiary/aromatic N) is 3. The zero-order valence-electron chi connectivity index (χ0n) is 13.9. The second-order valence-corrected chi connectivity index (χ2v) is 5.99. The molecule has 5 nitrogen and oxygen atoms in total. The standard InChI is InChI=1S/C19H17ClN4O/c1-13-10-15(12-22-23-19(25)18-8-3-4-9-21-18)14(2)24(13)17-7-5-6-16(20)11-17/h3-12H,1-2H3,(H,23,25)/b22-12-. The summed E-state index contributed by atoms with van der Waals surface area (Å²) in [6.45, 7) is 4.01. The quantitative estimate of drug-likeness (QED) is 0.571. The molecule has 2 heterocycles. The van der Waals surface area contributed by atoms with E-state index in [0.29, 0.717) is 10.7 Å². The number of nitrogens with one attached hydrogen (secondary N) is 1. The molecule has 2 aromatic heterocycles. The minimum absolute atomic E-state index is 0.323. The van der Waals surface area contributed by atoms with Crippen molar-refractivity contribution in [3.63, 3.8) is 0 Å². The molecule has 0 spiro atoms. The van der Waals surface area contributed by atoms with E-state index >= 15 is 0 Å². The van der Waals surface area contributed by atoms with Crippen molar-refractivity contribution in [2.45, 2.75) is 13.8 Å². The van der Waals surface area contributed by atoms with Crippen LogP contribution >= 0.6 is 11.6 Å². The Morgan fingerprint density at radius 1 is 1.20 bits per heavy atom. The van der Waals surface area contributed by atoms with Crippen LogP contribution in [0.15, 0.2) is 59.8 Å². The highest BCUT2D eigenvalue weighted by atomic mass is 35.5. The summed E-state index contributed by atoms with van der Waals surface area (Å²) in [5.41, 5.74) is 6.78. The molecule has 3 aromatic rings. The van der Waals surface area contributed by atoms with Gasteiger partial charge in [0.1, 0.15) is 5.69 Å². The third-order valence-corrected chi connectivity index (χ3v) is 4.04. The predicted octanol–water partition coefficient (Wildman–Crippen LogP) is 3.91. The fourth-order valence-electron chi connectivity index (χ4n) is 2.65. The van der Waals surface area contributed by atoms with Gasteiger partial charge in [-0.15, -0.1) is 0 Å². The van der Waals surface area contributed by atoms with Crippen LogP contribution in [0.5, 0.6) is 0 Å². The number of halogens is 1. The van der Waals surface area contributed by atoms with E-state index < -0.39 is 0 Å². The van der Waals surface area contributed by atoms with E-state index in [1.165, 1.54) is 0 Å². The maximum Gasteiger partial charge on any atom is 0.289 e. The predicted molar refractivity (Wildman–Crippen MR) is 99.6 cm³/mol. The number of benzene rings is 1. The van der Waals surface area contributed by atoms with Crippen molar-refractivity contribution in [2.75, 3.05) is 0 Å². The summed E-state index contributed by atoms with van der Waals surface area (Å²) in [6.07, 6.45) is 3.20. The third-order valence-electron chi connectivity index (χ3n) is 3.80. The van der Waals surface area contributed by atoms with Crippen molar-refractivity contribution in [1.29, 1.82) is 0 Å². The lowest BCUT2D eigenvalue weighted by molar-refractivity contribution is 0.0950. The molecule has 0 atom stereocenters. The monoisotopic (exact) mass is 352 g/mol. The second-order valence-electron chi connectivity index (χ2n) is 5.56. The van der Waals surface area contributed by atoms with Crippen LogP contribution < -0.4 is 5.43 Å². The van der Waals surface area contributed by atoms with Gasteiger partial charge in [0.25, 0.3) is 5.91 Å². The summed E-state index contributed by atoms with van der Waals surface area (Å²) >= 11 is 6.09. The molecule has 126 valence electrons. The minimum Gasteiger partial charge on any atom is -0.318 e. The molecule has 1 aromatic carbocycles. The summed E-state index contributed by atoms with van der Waals surface area (Å²) < 4.78 is 2.09. The molecule has 0 aliphatic heterocycles. The van der Waals surface area contributed by atoms with Crippen molar-refractivity contribution in [1.82, 2.24) is 15.0 Å². The normalized spacial score (nSPS) is 11.0. The summed E-state index contributed by atoms with van der Waals surface area (Å²) in [6, 6.07) is 14.8. The lowest BCUT2D eigenvalue weighted by Crippen LogP contribution is -2.18. The first kappa shape index (κ1) is 16.9. The average molecular weight is 353 g/mol. The number of rotatable bonds is 4. The Balaban J connectivity index is 1.80. The van der Waals surface area contributed by atoms with E-state index in [9.17, 15) is 4.79 Å². The Kier molecular flexibility index (Phi) is 4.95. The summed E-state index contributed by atoms with van der Waals surface area (Å²) in [4.78, 5) is 15.9. The molecule has 0 saturated heterocycles. The Morgan fingerprint density at radius 2 is 2.04 bits per heavy atom. The van der Waals surface area contributed by atoms with Crippen molar-refractivity contribution < 1.29 is 4.79 Å². The molecular formula is C19H17ClN4O. The van der Waals surface area contributed by atoms with Gasteiger partial charge in [-0.2, -0.15) is 5.10 Å². The van der Waals surface area contributed by atoms with Crippen LogP contribution in [0.25, 0.3) is 5.69 Å². The number of aryl methyl sites for hydroxylation is 1. The molecule has 0 radical (unpaired) electrons. The minimum atomic E-state index is -0.347. The van der Waals surface area contributed by atoms with Crippen molar-refractivity contribution >= 4 is 23.7 Å². The molecule has 0 aliphatic rings. The smallest absolute Gasteiger partial charge is 0.289 e. The van der Waals surface area contributed by atoms with Crippen LogP contribution in [0.1, 0.15) is 27.4 Å². The molecule has 1 amide bonds. The van der Waals surface area contributed by atoms with Crippen LogP contribution in [0.3, 0.4) is 0 Å². The number of carbonyl (C=O) groups is 1. The fourth-order valence-corrected chi connectivity index (χ4v) is 2.83. The van der Waals surface area contributed by atoms with Gasteiger partial charge in [-0.3, -0.25) is 9.78 Å². The van der Waals surface area contributed by atoms with Gasteiger partial charge in [-0.05, 0) is 50.2 Å². The van der Waals surface area contributed by atoms with Crippen molar-refractivity contribution in [3.8, 4) is 5.69 Å². The molecule has 25 heavy (non-hydrogen) atoms. The van der Waals surface area contributed by atoms with Crippen LogP contribution in [0, 0.1) is 13.8 Å². The van der Waals surface area contributed by atoms with Crippen LogP contribution in [0.2, 0.25) is 5.02 Å². The molecular weight excluding hydrogens is 336 g/mol. The SMILES string of the molecule is Cc1cc(/C=N\NC(=O)c2ccccn2)c(C)n1-c1cccc(Cl)c1. The van der Waals surface area contributed by atoms with E-state index in [-0.39, 0.29) is 5.91 Å². The van der Waals surface area contributed by atoms with Gasteiger partial charge >= 0.3 is 0 Å². The van der Waals surface area contributed by atoms with Gasteiger partial charge in [-0.1, -0.05) is 23.7 Å². The lowest BCUT2D eigenvalue weighted by atomic mass is 10.2. The maximum absolute atomic E-state index is 11.9. The van der Waals surface area contributed by atoms with Crippen LogP contribution in [0.4, 0.5) is 0 Å². The van der Waals surface area contributed by atoms with E-state index in [1.807, 2.05) is 44.2 Å². The zero-order chi connectivity index (χ0) is 17.8. The average Bonchev–Trinajstić information content (AvgIpc) is 2.89. The Bertz CT molecular complexity index is 932.